The molecule has 16 heavy (non-hydrogen) atoms. The lowest BCUT2D eigenvalue weighted by molar-refractivity contribution is 0.583. The van der Waals surface area contributed by atoms with E-state index in [1.54, 1.807) is 18.2 Å². The summed E-state index contributed by atoms with van der Waals surface area (Å²) < 4.78 is 25.1. The van der Waals surface area contributed by atoms with Crippen molar-refractivity contribution in [2.24, 2.45) is 0 Å². The quantitative estimate of drug-likeness (QED) is 0.486. The Morgan fingerprint density at radius 1 is 0.812 bits per heavy atom. The summed E-state index contributed by atoms with van der Waals surface area (Å²) in [7, 11) is 0. The van der Waals surface area contributed by atoms with Crippen molar-refractivity contribution in [2.75, 3.05) is 0 Å². The van der Waals surface area contributed by atoms with E-state index in [-0.39, 0.29) is 5.82 Å². The average Bonchev–Trinajstić information content (AvgIpc) is 2.30. The van der Waals surface area contributed by atoms with Gasteiger partial charge < -0.3 is 0 Å². The molecule has 0 bridgehead atoms. The minimum absolute atomic E-state index is 0.297. The molecule has 0 aliphatic carbocycles. The molecule has 2 aromatic rings. The first kappa shape index (κ1) is 10.3. The molecule has 0 aliphatic heterocycles. The van der Waals surface area contributed by atoms with Gasteiger partial charge >= 0.3 is 0 Å². The Hall–Kier alpha value is -2.21. The minimum Gasteiger partial charge on any atom is -0.227 e. The van der Waals surface area contributed by atoms with Gasteiger partial charge in [-0.05, 0) is 36.4 Å². The Labute approximate surface area is 91.8 Å². The highest BCUT2D eigenvalue weighted by Crippen LogP contribution is 2.02. The van der Waals surface area contributed by atoms with Gasteiger partial charge in [-0.2, -0.15) is 4.39 Å². The SMILES string of the molecule is Fc1ccc(C#Cc2ccc(F)nc2)cc1. The van der Waals surface area contributed by atoms with E-state index in [2.05, 4.69) is 16.8 Å². The maximum absolute atomic E-state index is 12.6. The number of hydrogen-bond donors (Lipinski definition) is 0. The highest BCUT2D eigenvalue weighted by Gasteiger charge is 1.91. The summed E-state index contributed by atoms with van der Waals surface area (Å²) in [6.45, 7) is 0. The van der Waals surface area contributed by atoms with E-state index >= 15 is 0 Å². The minimum atomic E-state index is -0.535. The summed E-state index contributed by atoms with van der Waals surface area (Å²) in [5.41, 5.74) is 1.32. The van der Waals surface area contributed by atoms with Crippen LogP contribution in [0.5, 0.6) is 0 Å². The summed E-state index contributed by atoms with van der Waals surface area (Å²) >= 11 is 0. The lowest BCUT2D eigenvalue weighted by Gasteiger charge is -1.90. The van der Waals surface area contributed by atoms with E-state index in [4.69, 9.17) is 0 Å². The number of benzene rings is 1. The molecular weight excluding hydrogens is 208 g/mol. The average molecular weight is 215 g/mol. The van der Waals surface area contributed by atoms with E-state index in [0.29, 0.717) is 11.1 Å². The Morgan fingerprint density at radius 3 is 2.06 bits per heavy atom. The Morgan fingerprint density at radius 2 is 1.44 bits per heavy atom. The lowest BCUT2D eigenvalue weighted by atomic mass is 10.2. The fraction of sp³-hybridized carbons (Fsp3) is 0. The van der Waals surface area contributed by atoms with Crippen LogP contribution in [0.2, 0.25) is 0 Å². The zero-order valence-electron chi connectivity index (χ0n) is 8.24. The summed E-state index contributed by atoms with van der Waals surface area (Å²) in [5, 5.41) is 0. The van der Waals surface area contributed by atoms with E-state index in [1.807, 2.05) is 0 Å². The van der Waals surface area contributed by atoms with E-state index in [9.17, 15) is 8.78 Å². The van der Waals surface area contributed by atoms with Gasteiger partial charge in [0.15, 0.2) is 0 Å². The largest absolute Gasteiger partial charge is 0.227 e. The third-order valence-corrected chi connectivity index (χ3v) is 1.92. The highest BCUT2D eigenvalue weighted by atomic mass is 19.1. The maximum Gasteiger partial charge on any atom is 0.212 e. The Bertz CT molecular complexity index is 483. The standard InChI is InChI=1S/C13H7F2N/c14-12-6-3-10(4-7-12)1-2-11-5-8-13(15)16-9-11/h3-9H. The van der Waals surface area contributed by atoms with Gasteiger partial charge in [0, 0.05) is 17.3 Å². The molecule has 0 aliphatic rings. The molecule has 0 atom stereocenters. The smallest absolute Gasteiger partial charge is 0.212 e. The molecule has 1 aromatic carbocycles. The molecule has 1 heterocycles. The number of nitrogens with zero attached hydrogens (tertiary/aromatic N) is 1. The summed E-state index contributed by atoms with van der Waals surface area (Å²) in [5.74, 6) is 4.80. The second-order valence-corrected chi connectivity index (χ2v) is 3.13. The predicted molar refractivity (Wildman–Crippen MR) is 56.6 cm³/mol. The van der Waals surface area contributed by atoms with Gasteiger partial charge in [-0.3, -0.25) is 0 Å². The monoisotopic (exact) mass is 215 g/mol. The third-order valence-electron chi connectivity index (χ3n) is 1.92. The van der Waals surface area contributed by atoms with Crippen LogP contribution < -0.4 is 0 Å². The molecule has 1 nitrogen and oxygen atoms in total. The maximum atomic E-state index is 12.6. The van der Waals surface area contributed by atoms with Crippen LogP contribution in [0.25, 0.3) is 0 Å². The van der Waals surface area contributed by atoms with Gasteiger partial charge in [0.2, 0.25) is 5.95 Å². The van der Waals surface area contributed by atoms with Gasteiger partial charge in [0.05, 0.1) is 0 Å². The molecule has 0 unspecified atom stereocenters. The first-order chi connectivity index (χ1) is 7.74. The zero-order valence-corrected chi connectivity index (χ0v) is 8.24. The molecule has 0 radical (unpaired) electrons. The molecule has 0 saturated heterocycles. The van der Waals surface area contributed by atoms with E-state index in [0.717, 1.165) is 0 Å². The number of hydrogen-bond acceptors (Lipinski definition) is 1. The van der Waals surface area contributed by atoms with Crippen molar-refractivity contribution in [1.82, 2.24) is 4.98 Å². The number of pyridine rings is 1. The first-order valence-electron chi connectivity index (χ1n) is 4.63. The fourth-order valence-electron chi connectivity index (χ4n) is 1.13. The summed E-state index contributed by atoms with van der Waals surface area (Å²) in [6.07, 6.45) is 1.35. The van der Waals surface area contributed by atoms with Crippen LogP contribution in [-0.4, -0.2) is 4.98 Å². The van der Waals surface area contributed by atoms with Crippen molar-refractivity contribution in [3.05, 3.63) is 65.5 Å². The highest BCUT2D eigenvalue weighted by molar-refractivity contribution is 5.41. The molecule has 0 N–H and O–H groups in total. The predicted octanol–water partition coefficient (Wildman–Crippen LogP) is 2.76. The Balaban J connectivity index is 2.21. The van der Waals surface area contributed by atoms with Gasteiger partial charge in [-0.1, -0.05) is 11.8 Å². The van der Waals surface area contributed by atoms with Crippen LogP contribution >= 0.6 is 0 Å². The molecule has 0 saturated carbocycles. The van der Waals surface area contributed by atoms with Gasteiger partial charge in [0.1, 0.15) is 5.82 Å². The van der Waals surface area contributed by atoms with Gasteiger partial charge in [-0.15, -0.1) is 0 Å². The molecule has 2 rings (SSSR count). The second kappa shape index (κ2) is 4.54. The van der Waals surface area contributed by atoms with Crippen molar-refractivity contribution >= 4 is 0 Å². The van der Waals surface area contributed by atoms with E-state index in [1.165, 1.54) is 24.4 Å². The number of aromatic nitrogens is 1. The fourth-order valence-corrected chi connectivity index (χ4v) is 1.13. The van der Waals surface area contributed by atoms with Gasteiger partial charge in [0.25, 0.3) is 0 Å². The van der Waals surface area contributed by atoms with Crippen LogP contribution in [0.4, 0.5) is 8.78 Å². The topological polar surface area (TPSA) is 12.9 Å². The molecule has 78 valence electrons. The molecular formula is C13H7F2N. The molecule has 0 amide bonds. The summed E-state index contributed by atoms with van der Waals surface area (Å²) in [4.78, 5) is 3.48. The van der Waals surface area contributed by atoms with Crippen molar-refractivity contribution in [3.63, 3.8) is 0 Å². The molecule has 1 aromatic heterocycles. The van der Waals surface area contributed by atoms with Crippen molar-refractivity contribution < 1.29 is 8.78 Å². The van der Waals surface area contributed by atoms with Crippen LogP contribution in [-0.2, 0) is 0 Å². The molecule has 0 spiro atoms. The van der Waals surface area contributed by atoms with Crippen LogP contribution in [0, 0.1) is 23.6 Å². The Kier molecular flexibility index (Phi) is 2.93. The van der Waals surface area contributed by atoms with Crippen LogP contribution in [0.3, 0.4) is 0 Å². The van der Waals surface area contributed by atoms with Crippen LogP contribution in [0.1, 0.15) is 11.1 Å². The van der Waals surface area contributed by atoms with Crippen molar-refractivity contribution in [2.45, 2.75) is 0 Å². The lowest BCUT2D eigenvalue weighted by Crippen LogP contribution is -1.82. The molecule has 3 heteroatoms. The normalized spacial score (nSPS) is 9.38. The first-order valence-corrected chi connectivity index (χ1v) is 4.63. The van der Waals surface area contributed by atoms with Crippen molar-refractivity contribution in [3.8, 4) is 11.8 Å². The zero-order chi connectivity index (χ0) is 11.4. The number of rotatable bonds is 0. The third kappa shape index (κ3) is 2.64. The second-order valence-electron chi connectivity index (χ2n) is 3.13. The van der Waals surface area contributed by atoms with Gasteiger partial charge in [-0.25, -0.2) is 9.37 Å². The number of halogens is 2. The summed E-state index contributed by atoms with van der Waals surface area (Å²) in [6, 6.07) is 8.63. The van der Waals surface area contributed by atoms with Crippen molar-refractivity contribution in [1.29, 1.82) is 0 Å². The van der Waals surface area contributed by atoms with Crippen LogP contribution in [0.15, 0.2) is 42.6 Å². The van der Waals surface area contributed by atoms with E-state index < -0.39 is 5.95 Å². The molecule has 0 fully saturated rings.